The van der Waals surface area contributed by atoms with Crippen LogP contribution in [-0.4, -0.2) is 25.1 Å². The molecule has 1 aromatic carbocycles. The van der Waals surface area contributed by atoms with Crippen LogP contribution in [0.1, 0.15) is 52.7 Å². The van der Waals surface area contributed by atoms with E-state index in [-0.39, 0.29) is 11.9 Å². The molecular weight excluding hydrogens is 336 g/mol. The third-order valence-corrected chi connectivity index (χ3v) is 5.06. The van der Waals surface area contributed by atoms with Gasteiger partial charge in [0.25, 0.3) is 5.91 Å². The summed E-state index contributed by atoms with van der Waals surface area (Å²) < 4.78 is 10.7. The summed E-state index contributed by atoms with van der Waals surface area (Å²) in [6.45, 7) is 8.11. The molecule has 1 amide bonds. The Hall–Kier alpha value is -2.08. The number of rotatable bonds is 7. The zero-order chi connectivity index (χ0) is 18.6. The highest BCUT2D eigenvalue weighted by Crippen LogP contribution is 2.30. The molecule has 1 aromatic heterocycles. The van der Waals surface area contributed by atoms with Crippen LogP contribution in [0, 0.1) is 12.8 Å². The van der Waals surface area contributed by atoms with Gasteiger partial charge in [0.2, 0.25) is 0 Å². The van der Waals surface area contributed by atoms with Crippen molar-refractivity contribution in [3.05, 3.63) is 39.3 Å². The van der Waals surface area contributed by atoms with Crippen molar-refractivity contribution in [2.75, 3.05) is 14.2 Å². The highest BCUT2D eigenvalue weighted by atomic mass is 32.1. The lowest BCUT2D eigenvalue weighted by atomic mass is 10.1. The van der Waals surface area contributed by atoms with Gasteiger partial charge in [0, 0.05) is 12.0 Å². The molecule has 25 heavy (non-hydrogen) atoms. The highest BCUT2D eigenvalue weighted by molar-refractivity contribution is 7.13. The number of hydrogen-bond acceptors (Lipinski definition) is 5. The Morgan fingerprint density at radius 1 is 1.24 bits per heavy atom. The van der Waals surface area contributed by atoms with Gasteiger partial charge < -0.3 is 14.8 Å². The summed E-state index contributed by atoms with van der Waals surface area (Å²) >= 11 is 1.47. The van der Waals surface area contributed by atoms with Crippen molar-refractivity contribution in [1.82, 2.24) is 10.3 Å². The molecule has 5 nitrogen and oxygen atoms in total. The van der Waals surface area contributed by atoms with E-state index in [1.165, 1.54) is 11.3 Å². The quantitative estimate of drug-likeness (QED) is 0.803. The first-order valence-electron chi connectivity index (χ1n) is 8.34. The van der Waals surface area contributed by atoms with Gasteiger partial charge in [-0.2, -0.15) is 0 Å². The van der Waals surface area contributed by atoms with E-state index in [0.717, 1.165) is 34.2 Å². The van der Waals surface area contributed by atoms with Gasteiger partial charge in [-0.05, 0) is 38.0 Å². The predicted octanol–water partition coefficient (Wildman–Crippen LogP) is 4.16. The zero-order valence-electron chi connectivity index (χ0n) is 15.7. The molecule has 0 saturated carbocycles. The summed E-state index contributed by atoms with van der Waals surface area (Å²) in [5.41, 5.74) is 1.66. The molecule has 0 fully saturated rings. The van der Waals surface area contributed by atoms with Gasteiger partial charge in [0.1, 0.15) is 16.4 Å². The number of methoxy groups -OCH3 is 2. The first kappa shape index (κ1) is 19.2. The fourth-order valence-electron chi connectivity index (χ4n) is 2.62. The molecule has 0 aliphatic rings. The Bertz CT molecular complexity index is 740. The normalized spacial score (nSPS) is 12.1. The molecule has 136 valence electrons. The fourth-order valence-corrected chi connectivity index (χ4v) is 3.80. The number of carbonyl (C=O) groups excluding carboxylic acids is 1. The van der Waals surface area contributed by atoms with E-state index in [1.807, 2.05) is 32.0 Å². The summed E-state index contributed by atoms with van der Waals surface area (Å²) in [4.78, 5) is 17.9. The van der Waals surface area contributed by atoms with Crippen LogP contribution in [0.15, 0.2) is 18.2 Å². The Kier molecular flexibility index (Phi) is 6.42. The Morgan fingerprint density at radius 3 is 2.56 bits per heavy atom. The molecule has 2 aromatic rings. The second kappa shape index (κ2) is 8.34. The molecule has 0 radical (unpaired) electrons. The maximum Gasteiger partial charge on any atom is 0.263 e. The molecule has 1 N–H and O–H groups in total. The van der Waals surface area contributed by atoms with Crippen LogP contribution < -0.4 is 14.8 Å². The lowest BCUT2D eigenvalue weighted by molar-refractivity contribution is 0.0942. The number of benzene rings is 1. The fraction of sp³-hybridized carbons (Fsp3) is 0.474. The third kappa shape index (κ3) is 4.72. The molecule has 0 bridgehead atoms. The van der Waals surface area contributed by atoms with Gasteiger partial charge in [-0.15, -0.1) is 11.3 Å². The van der Waals surface area contributed by atoms with Crippen molar-refractivity contribution in [3.8, 4) is 11.5 Å². The smallest absolute Gasteiger partial charge is 0.263 e. The van der Waals surface area contributed by atoms with Gasteiger partial charge in [-0.3, -0.25) is 4.79 Å². The number of aryl methyl sites for hydroxylation is 1. The molecule has 1 heterocycles. The Labute approximate surface area is 153 Å². The monoisotopic (exact) mass is 362 g/mol. The molecule has 6 heteroatoms. The van der Waals surface area contributed by atoms with Gasteiger partial charge >= 0.3 is 0 Å². The van der Waals surface area contributed by atoms with E-state index < -0.39 is 0 Å². The molecular formula is C19H26N2O3S. The lowest BCUT2D eigenvalue weighted by Gasteiger charge is -2.18. The summed E-state index contributed by atoms with van der Waals surface area (Å²) in [5, 5.41) is 4.05. The van der Waals surface area contributed by atoms with Crippen LogP contribution in [0.4, 0.5) is 0 Å². The van der Waals surface area contributed by atoms with E-state index >= 15 is 0 Å². The summed E-state index contributed by atoms with van der Waals surface area (Å²) in [6.07, 6.45) is 0.887. The number of carbonyl (C=O) groups is 1. The minimum atomic E-state index is -0.215. The van der Waals surface area contributed by atoms with E-state index in [2.05, 4.69) is 24.1 Å². The van der Waals surface area contributed by atoms with E-state index in [1.54, 1.807) is 14.2 Å². The topological polar surface area (TPSA) is 60.5 Å². The first-order chi connectivity index (χ1) is 11.8. The number of amides is 1. The van der Waals surface area contributed by atoms with Crippen LogP contribution in [0.5, 0.6) is 11.5 Å². The average molecular weight is 362 g/mol. The number of ether oxygens (including phenoxy) is 2. The van der Waals surface area contributed by atoms with Crippen molar-refractivity contribution in [2.24, 2.45) is 5.92 Å². The number of nitrogens with one attached hydrogen (secondary N) is 1. The largest absolute Gasteiger partial charge is 0.497 e. The predicted molar refractivity (Wildman–Crippen MR) is 101 cm³/mol. The molecule has 2 rings (SSSR count). The van der Waals surface area contributed by atoms with E-state index in [0.29, 0.717) is 10.8 Å². The summed E-state index contributed by atoms with van der Waals surface area (Å²) in [7, 11) is 3.23. The molecule has 0 aliphatic carbocycles. The molecule has 1 atom stereocenters. The average Bonchev–Trinajstić information content (AvgIpc) is 2.93. The SMILES string of the molecule is COc1ccc(OC)c(C(C)NC(=O)c2sc(CC(C)C)nc2C)c1. The van der Waals surface area contributed by atoms with Crippen molar-refractivity contribution < 1.29 is 14.3 Å². The minimum absolute atomic E-state index is 0.109. The van der Waals surface area contributed by atoms with Crippen LogP contribution in [0.25, 0.3) is 0 Å². The van der Waals surface area contributed by atoms with Gasteiger partial charge in [-0.1, -0.05) is 13.8 Å². The standard InChI is InChI=1S/C19H26N2O3S/c1-11(2)9-17-20-13(4)18(25-17)19(22)21-12(3)15-10-14(23-5)7-8-16(15)24-6/h7-8,10-12H,9H2,1-6H3,(H,21,22). The second-order valence-electron chi connectivity index (χ2n) is 6.42. The Balaban J connectivity index is 2.19. The molecule has 0 saturated heterocycles. The lowest BCUT2D eigenvalue weighted by Crippen LogP contribution is -2.26. The van der Waals surface area contributed by atoms with Crippen molar-refractivity contribution in [1.29, 1.82) is 0 Å². The van der Waals surface area contributed by atoms with Gasteiger partial charge in [0.05, 0.1) is 31.0 Å². The van der Waals surface area contributed by atoms with Crippen LogP contribution in [-0.2, 0) is 6.42 Å². The Morgan fingerprint density at radius 2 is 1.96 bits per heavy atom. The first-order valence-corrected chi connectivity index (χ1v) is 9.16. The maximum atomic E-state index is 12.7. The van der Waals surface area contributed by atoms with E-state index in [9.17, 15) is 4.79 Å². The van der Waals surface area contributed by atoms with E-state index in [4.69, 9.17) is 9.47 Å². The van der Waals surface area contributed by atoms with Crippen LogP contribution in [0.2, 0.25) is 0 Å². The van der Waals surface area contributed by atoms with Crippen molar-refractivity contribution in [3.63, 3.8) is 0 Å². The third-order valence-electron chi connectivity index (χ3n) is 3.88. The van der Waals surface area contributed by atoms with Gasteiger partial charge in [-0.25, -0.2) is 4.98 Å². The summed E-state index contributed by atoms with van der Waals surface area (Å²) in [5.74, 6) is 1.85. The number of nitrogens with zero attached hydrogens (tertiary/aromatic N) is 1. The number of aromatic nitrogens is 1. The molecule has 0 spiro atoms. The highest BCUT2D eigenvalue weighted by Gasteiger charge is 2.20. The van der Waals surface area contributed by atoms with Crippen LogP contribution in [0.3, 0.4) is 0 Å². The van der Waals surface area contributed by atoms with Gasteiger partial charge in [0.15, 0.2) is 0 Å². The van der Waals surface area contributed by atoms with Crippen LogP contribution >= 0.6 is 11.3 Å². The molecule has 0 aliphatic heterocycles. The zero-order valence-corrected chi connectivity index (χ0v) is 16.5. The number of thiazole rings is 1. The summed E-state index contributed by atoms with van der Waals surface area (Å²) in [6, 6.07) is 5.35. The van der Waals surface area contributed by atoms with Crippen molar-refractivity contribution >= 4 is 17.2 Å². The maximum absolute atomic E-state index is 12.7. The minimum Gasteiger partial charge on any atom is -0.497 e. The van der Waals surface area contributed by atoms with Crippen molar-refractivity contribution in [2.45, 2.75) is 40.2 Å². The number of hydrogen-bond donors (Lipinski definition) is 1. The second-order valence-corrected chi connectivity index (χ2v) is 7.51. The molecule has 1 unspecified atom stereocenters.